The minimum Gasteiger partial charge on any atom is -0.485 e. The molecule has 0 bridgehead atoms. The fraction of sp³-hybridized carbons (Fsp3) is 0.588. The van der Waals surface area contributed by atoms with Crippen molar-refractivity contribution in [1.29, 1.82) is 5.26 Å². The van der Waals surface area contributed by atoms with Gasteiger partial charge in [0, 0.05) is 12.6 Å². The summed E-state index contributed by atoms with van der Waals surface area (Å²) in [5.41, 5.74) is -0.0301. The molecule has 1 aliphatic rings. The lowest BCUT2D eigenvalue weighted by molar-refractivity contribution is -0.0763. The van der Waals surface area contributed by atoms with Gasteiger partial charge in [0.1, 0.15) is 17.5 Å². The molecule has 2 atom stereocenters. The van der Waals surface area contributed by atoms with Crippen LogP contribution in [-0.4, -0.2) is 42.3 Å². The molecule has 7 heteroatoms. The van der Waals surface area contributed by atoms with Crippen molar-refractivity contribution in [3.05, 3.63) is 29.3 Å². The minimum absolute atomic E-state index is 0.0256. The van der Waals surface area contributed by atoms with Gasteiger partial charge in [-0.1, -0.05) is 13.3 Å². The van der Waals surface area contributed by atoms with Crippen LogP contribution in [0.3, 0.4) is 0 Å². The number of nitriles is 1. The molecule has 0 aliphatic carbocycles. The number of likely N-dealkylation sites (N-methyl/N-ethyl adjacent to an activating group) is 1. The molecule has 1 N–H and O–H groups in total. The van der Waals surface area contributed by atoms with Crippen molar-refractivity contribution in [2.24, 2.45) is 0 Å². The standard InChI is InChI=1S/C17H24N2O4S/c1-5-6-9-24(21,22)19(4)15-13-10-12(11-18)7-8-14(13)23-17(2,3)16(15)20/h7-8,10,15-16,20H,5-6,9H2,1-4H3/t15-,16+/m0/s1. The quantitative estimate of drug-likeness (QED) is 0.877. The molecule has 1 aliphatic heterocycles. The molecular weight excluding hydrogens is 328 g/mol. The summed E-state index contributed by atoms with van der Waals surface area (Å²) in [7, 11) is -2.06. The summed E-state index contributed by atoms with van der Waals surface area (Å²) in [6, 6.07) is 6.11. The second-order valence-electron chi connectivity index (χ2n) is 6.65. The molecule has 0 spiro atoms. The van der Waals surface area contributed by atoms with Gasteiger partial charge in [0.25, 0.3) is 0 Å². The highest BCUT2D eigenvalue weighted by atomic mass is 32.2. The zero-order valence-corrected chi connectivity index (χ0v) is 15.3. The van der Waals surface area contributed by atoms with Crippen LogP contribution in [0.25, 0.3) is 0 Å². The summed E-state index contributed by atoms with van der Waals surface area (Å²) in [5, 5.41) is 19.9. The van der Waals surface area contributed by atoms with Gasteiger partial charge in [-0.25, -0.2) is 8.42 Å². The van der Waals surface area contributed by atoms with Crippen LogP contribution in [0.5, 0.6) is 5.75 Å². The Morgan fingerprint density at radius 1 is 1.42 bits per heavy atom. The van der Waals surface area contributed by atoms with Crippen molar-refractivity contribution in [1.82, 2.24) is 4.31 Å². The number of hydrogen-bond donors (Lipinski definition) is 1. The fourth-order valence-electron chi connectivity index (χ4n) is 2.87. The first-order valence-corrected chi connectivity index (χ1v) is 9.62. The van der Waals surface area contributed by atoms with Gasteiger partial charge in [0.2, 0.25) is 10.0 Å². The third-order valence-electron chi connectivity index (χ3n) is 4.43. The van der Waals surface area contributed by atoms with Gasteiger partial charge in [-0.2, -0.15) is 9.57 Å². The minimum atomic E-state index is -3.53. The van der Waals surface area contributed by atoms with Crippen LogP contribution in [0.15, 0.2) is 18.2 Å². The van der Waals surface area contributed by atoms with Crippen molar-refractivity contribution in [3.8, 4) is 11.8 Å². The van der Waals surface area contributed by atoms with Gasteiger partial charge in [-0.3, -0.25) is 0 Å². The summed E-state index contributed by atoms with van der Waals surface area (Å²) >= 11 is 0. The smallest absolute Gasteiger partial charge is 0.214 e. The van der Waals surface area contributed by atoms with Crippen LogP contribution in [-0.2, 0) is 10.0 Å². The van der Waals surface area contributed by atoms with Crippen LogP contribution in [0.1, 0.15) is 50.8 Å². The molecule has 1 aromatic rings. The average Bonchev–Trinajstić information content (AvgIpc) is 2.53. The first-order chi connectivity index (χ1) is 11.1. The Hall–Kier alpha value is -1.62. The summed E-state index contributed by atoms with van der Waals surface area (Å²) in [4.78, 5) is 0. The van der Waals surface area contributed by atoms with Gasteiger partial charge < -0.3 is 9.84 Å². The Balaban J connectivity index is 2.53. The largest absolute Gasteiger partial charge is 0.485 e. The Morgan fingerprint density at radius 3 is 2.67 bits per heavy atom. The maximum atomic E-state index is 12.6. The molecule has 0 radical (unpaired) electrons. The molecule has 1 aromatic carbocycles. The number of fused-ring (bicyclic) bond motifs is 1. The molecule has 0 saturated carbocycles. The van der Waals surface area contributed by atoms with Crippen molar-refractivity contribution < 1.29 is 18.3 Å². The van der Waals surface area contributed by atoms with E-state index in [-0.39, 0.29) is 5.75 Å². The Morgan fingerprint density at radius 2 is 2.08 bits per heavy atom. The SMILES string of the molecule is CCCCS(=O)(=O)N(C)[C@H]1c2cc(C#N)ccc2OC(C)(C)[C@@H]1O. The van der Waals surface area contributed by atoms with Crippen LogP contribution in [0.4, 0.5) is 0 Å². The van der Waals surface area contributed by atoms with Crippen molar-refractivity contribution >= 4 is 10.0 Å². The maximum absolute atomic E-state index is 12.6. The predicted octanol–water partition coefficient (Wildman–Crippen LogP) is 2.19. The molecule has 132 valence electrons. The molecule has 6 nitrogen and oxygen atoms in total. The lowest BCUT2D eigenvalue weighted by Gasteiger charge is -2.44. The number of rotatable bonds is 5. The number of aliphatic hydroxyl groups is 1. The summed E-state index contributed by atoms with van der Waals surface area (Å²) < 4.78 is 32.3. The Bertz CT molecular complexity index is 752. The van der Waals surface area contributed by atoms with Crippen LogP contribution < -0.4 is 4.74 Å². The van der Waals surface area contributed by atoms with E-state index in [0.29, 0.717) is 23.3 Å². The molecular formula is C17H24N2O4S. The van der Waals surface area contributed by atoms with E-state index in [1.165, 1.54) is 11.4 Å². The molecule has 2 rings (SSSR count). The van der Waals surface area contributed by atoms with E-state index in [9.17, 15) is 13.5 Å². The highest BCUT2D eigenvalue weighted by molar-refractivity contribution is 7.89. The third-order valence-corrected chi connectivity index (χ3v) is 6.34. The number of unbranched alkanes of at least 4 members (excludes halogenated alkanes) is 1. The number of hydrogen-bond acceptors (Lipinski definition) is 5. The van der Waals surface area contributed by atoms with Gasteiger partial charge in [0.15, 0.2) is 0 Å². The van der Waals surface area contributed by atoms with Gasteiger partial charge >= 0.3 is 0 Å². The number of benzene rings is 1. The lowest BCUT2D eigenvalue weighted by atomic mass is 9.86. The molecule has 0 amide bonds. The average molecular weight is 352 g/mol. The lowest BCUT2D eigenvalue weighted by Crippen LogP contribution is -2.54. The highest BCUT2D eigenvalue weighted by Crippen LogP contribution is 2.43. The van der Waals surface area contributed by atoms with E-state index in [2.05, 4.69) is 0 Å². The molecule has 0 fully saturated rings. The van der Waals surface area contributed by atoms with Crippen LogP contribution in [0.2, 0.25) is 0 Å². The monoisotopic (exact) mass is 352 g/mol. The Kier molecular flexibility index (Phi) is 5.23. The maximum Gasteiger partial charge on any atom is 0.214 e. The number of sulfonamides is 1. The fourth-order valence-corrected chi connectivity index (χ4v) is 4.39. The van der Waals surface area contributed by atoms with E-state index in [1.54, 1.807) is 32.0 Å². The zero-order valence-electron chi connectivity index (χ0n) is 14.5. The van der Waals surface area contributed by atoms with E-state index >= 15 is 0 Å². The second kappa shape index (κ2) is 6.71. The first-order valence-electron chi connectivity index (χ1n) is 8.01. The van der Waals surface area contributed by atoms with Crippen LogP contribution in [0, 0.1) is 11.3 Å². The second-order valence-corrected chi connectivity index (χ2v) is 8.79. The van der Waals surface area contributed by atoms with Gasteiger partial charge in [0.05, 0.1) is 23.4 Å². The molecule has 1 heterocycles. The van der Waals surface area contributed by atoms with Crippen LogP contribution >= 0.6 is 0 Å². The third kappa shape index (κ3) is 3.41. The summed E-state index contributed by atoms with van der Waals surface area (Å²) in [6.07, 6.45) is 0.269. The van der Waals surface area contributed by atoms with Gasteiger partial charge in [-0.15, -0.1) is 0 Å². The summed E-state index contributed by atoms with van der Waals surface area (Å²) in [5.74, 6) is 0.518. The van der Waals surface area contributed by atoms with E-state index < -0.39 is 27.8 Å². The number of ether oxygens (including phenoxy) is 1. The van der Waals surface area contributed by atoms with E-state index in [1.807, 2.05) is 13.0 Å². The van der Waals surface area contributed by atoms with Crippen molar-refractivity contribution in [2.75, 3.05) is 12.8 Å². The van der Waals surface area contributed by atoms with Crippen molar-refractivity contribution in [3.63, 3.8) is 0 Å². The van der Waals surface area contributed by atoms with E-state index in [4.69, 9.17) is 10.00 Å². The normalized spacial score (nSPS) is 22.5. The van der Waals surface area contributed by atoms with Crippen molar-refractivity contribution in [2.45, 2.75) is 51.4 Å². The Labute approximate surface area is 143 Å². The number of aliphatic hydroxyl groups excluding tert-OH is 1. The van der Waals surface area contributed by atoms with E-state index in [0.717, 1.165) is 6.42 Å². The predicted molar refractivity (Wildman–Crippen MR) is 91.1 cm³/mol. The molecule has 0 aromatic heterocycles. The highest BCUT2D eigenvalue weighted by Gasteiger charge is 2.47. The van der Waals surface area contributed by atoms with Gasteiger partial charge in [-0.05, 0) is 38.5 Å². The zero-order chi connectivity index (χ0) is 18.1. The molecule has 24 heavy (non-hydrogen) atoms. The molecule has 0 saturated heterocycles. The summed E-state index contributed by atoms with van der Waals surface area (Å²) in [6.45, 7) is 5.37. The molecule has 0 unspecified atom stereocenters. The number of nitrogens with zero attached hydrogens (tertiary/aromatic N) is 2. The topological polar surface area (TPSA) is 90.6 Å². The first kappa shape index (κ1) is 18.7.